The summed E-state index contributed by atoms with van der Waals surface area (Å²) in [6, 6.07) is 8.63. The summed E-state index contributed by atoms with van der Waals surface area (Å²) >= 11 is 11.7. The fourth-order valence-corrected chi connectivity index (χ4v) is 2.20. The number of benzene rings is 2. The van der Waals surface area contributed by atoms with Crippen molar-refractivity contribution in [2.45, 2.75) is 0 Å². The molecule has 0 heterocycles. The van der Waals surface area contributed by atoms with Crippen molar-refractivity contribution in [1.29, 1.82) is 0 Å². The molecule has 0 atom stereocenters. The minimum absolute atomic E-state index is 0.234. The van der Waals surface area contributed by atoms with E-state index < -0.39 is 11.9 Å². The lowest BCUT2D eigenvalue weighted by atomic mass is 10.2. The van der Waals surface area contributed by atoms with Gasteiger partial charge >= 0.3 is 6.03 Å². The van der Waals surface area contributed by atoms with Gasteiger partial charge in [0.2, 0.25) is 0 Å². The number of hydrazine groups is 1. The highest BCUT2D eigenvalue weighted by Crippen LogP contribution is 2.25. The second kappa shape index (κ2) is 8.46. The van der Waals surface area contributed by atoms with Gasteiger partial charge in [-0.2, -0.15) is 0 Å². The Kier molecular flexibility index (Phi) is 6.32. The topological polar surface area (TPSA) is 88.7 Å². The minimum atomic E-state index is -0.654. The first kappa shape index (κ1) is 18.7. The van der Waals surface area contributed by atoms with E-state index in [2.05, 4.69) is 16.2 Å². The number of carbonyl (C=O) groups is 2. The molecule has 0 aliphatic heterocycles. The maximum absolute atomic E-state index is 12.2. The van der Waals surface area contributed by atoms with Crippen LogP contribution in [0.25, 0.3) is 0 Å². The van der Waals surface area contributed by atoms with Crippen molar-refractivity contribution in [3.05, 3.63) is 52.0 Å². The second-order valence-corrected chi connectivity index (χ2v) is 5.54. The van der Waals surface area contributed by atoms with Gasteiger partial charge in [-0.05, 0) is 30.3 Å². The molecule has 0 spiro atoms. The normalized spacial score (nSPS) is 9.92. The van der Waals surface area contributed by atoms with Gasteiger partial charge < -0.3 is 14.8 Å². The van der Waals surface area contributed by atoms with Crippen molar-refractivity contribution in [1.82, 2.24) is 10.9 Å². The summed E-state index contributed by atoms with van der Waals surface area (Å²) in [4.78, 5) is 24.0. The number of nitrogens with one attached hydrogen (secondary N) is 3. The monoisotopic (exact) mass is 383 g/mol. The third-order valence-corrected chi connectivity index (χ3v) is 3.86. The highest BCUT2D eigenvalue weighted by Gasteiger charge is 2.14. The van der Waals surface area contributed by atoms with Crippen LogP contribution in [0.2, 0.25) is 10.0 Å². The van der Waals surface area contributed by atoms with Crippen LogP contribution < -0.4 is 25.6 Å². The third kappa shape index (κ3) is 4.91. The van der Waals surface area contributed by atoms with Gasteiger partial charge in [0.25, 0.3) is 5.91 Å². The Hall–Kier alpha value is -2.64. The molecule has 0 bridgehead atoms. The lowest BCUT2D eigenvalue weighted by Gasteiger charge is -2.12. The minimum Gasteiger partial charge on any atom is -0.497 e. The van der Waals surface area contributed by atoms with E-state index in [4.69, 9.17) is 32.7 Å². The summed E-state index contributed by atoms with van der Waals surface area (Å²) in [5, 5.41) is 3.17. The molecule has 2 aromatic carbocycles. The molecule has 0 saturated carbocycles. The molecular weight excluding hydrogens is 369 g/mol. The van der Waals surface area contributed by atoms with E-state index in [1.165, 1.54) is 26.4 Å². The lowest BCUT2D eigenvalue weighted by molar-refractivity contribution is 0.0935. The van der Waals surface area contributed by atoms with Gasteiger partial charge in [0.15, 0.2) is 0 Å². The molecule has 0 aromatic heterocycles. The van der Waals surface area contributed by atoms with Crippen LogP contribution in [0.3, 0.4) is 0 Å². The molecule has 9 heteroatoms. The predicted molar refractivity (Wildman–Crippen MR) is 95.6 cm³/mol. The Morgan fingerprint density at radius 1 is 0.920 bits per heavy atom. The van der Waals surface area contributed by atoms with Crippen molar-refractivity contribution in [3.63, 3.8) is 0 Å². The number of rotatable bonds is 4. The van der Waals surface area contributed by atoms with Crippen molar-refractivity contribution in [2.24, 2.45) is 0 Å². The van der Waals surface area contributed by atoms with Gasteiger partial charge in [-0.1, -0.05) is 23.2 Å². The standard InChI is InChI=1S/C16H15Cl2N3O4/c1-24-10-4-5-11(14(8-10)25-2)15(22)20-21-16(23)19-9-3-6-12(17)13(18)7-9/h3-8H,1-2H3,(H,20,22)(H2,19,21,23). The maximum atomic E-state index is 12.2. The molecule has 25 heavy (non-hydrogen) atoms. The first-order chi connectivity index (χ1) is 11.9. The summed E-state index contributed by atoms with van der Waals surface area (Å²) in [6.07, 6.45) is 0. The summed E-state index contributed by atoms with van der Waals surface area (Å²) < 4.78 is 10.2. The van der Waals surface area contributed by atoms with Crippen molar-refractivity contribution in [3.8, 4) is 11.5 Å². The van der Waals surface area contributed by atoms with E-state index in [-0.39, 0.29) is 5.56 Å². The predicted octanol–water partition coefficient (Wildman–Crippen LogP) is 3.48. The average molecular weight is 384 g/mol. The molecule has 0 radical (unpaired) electrons. The van der Waals surface area contributed by atoms with Gasteiger partial charge in [0, 0.05) is 11.8 Å². The zero-order valence-corrected chi connectivity index (χ0v) is 14.9. The van der Waals surface area contributed by atoms with Gasteiger partial charge in [-0.15, -0.1) is 0 Å². The van der Waals surface area contributed by atoms with Gasteiger partial charge in [-0.25, -0.2) is 10.2 Å². The van der Waals surface area contributed by atoms with Crippen LogP contribution in [0.4, 0.5) is 10.5 Å². The molecule has 7 nitrogen and oxygen atoms in total. The van der Waals surface area contributed by atoms with Gasteiger partial charge in [0.05, 0.1) is 29.8 Å². The quantitative estimate of drug-likeness (QED) is 0.705. The number of hydrogen-bond donors (Lipinski definition) is 3. The van der Waals surface area contributed by atoms with Crippen LogP contribution >= 0.6 is 23.2 Å². The molecule has 132 valence electrons. The largest absolute Gasteiger partial charge is 0.497 e. The van der Waals surface area contributed by atoms with Gasteiger partial charge in [0.1, 0.15) is 11.5 Å². The Labute approximate surface area is 154 Å². The highest BCUT2D eigenvalue weighted by molar-refractivity contribution is 6.42. The van der Waals surface area contributed by atoms with Crippen LogP contribution in [0.5, 0.6) is 11.5 Å². The van der Waals surface area contributed by atoms with E-state index in [0.717, 1.165) is 0 Å². The Morgan fingerprint density at radius 2 is 1.68 bits per heavy atom. The first-order valence-electron chi connectivity index (χ1n) is 6.99. The summed E-state index contributed by atoms with van der Waals surface area (Å²) in [6.45, 7) is 0. The second-order valence-electron chi connectivity index (χ2n) is 4.73. The molecule has 3 amide bonds. The van der Waals surface area contributed by atoms with Crippen LogP contribution in [0.1, 0.15) is 10.4 Å². The Morgan fingerprint density at radius 3 is 2.32 bits per heavy atom. The molecule has 0 aliphatic rings. The van der Waals surface area contributed by atoms with E-state index in [1.54, 1.807) is 24.3 Å². The summed E-state index contributed by atoms with van der Waals surface area (Å²) in [5.74, 6) is 0.297. The third-order valence-electron chi connectivity index (χ3n) is 3.12. The van der Waals surface area contributed by atoms with Crippen LogP contribution in [0.15, 0.2) is 36.4 Å². The Balaban J connectivity index is 1.97. The number of amides is 3. The zero-order chi connectivity index (χ0) is 18.4. The lowest BCUT2D eigenvalue weighted by Crippen LogP contribution is -2.44. The summed E-state index contributed by atoms with van der Waals surface area (Å²) in [5.41, 5.74) is 5.16. The summed E-state index contributed by atoms with van der Waals surface area (Å²) in [7, 11) is 2.93. The number of carbonyl (C=O) groups excluding carboxylic acids is 2. The first-order valence-corrected chi connectivity index (χ1v) is 7.74. The molecule has 3 N–H and O–H groups in total. The SMILES string of the molecule is COc1ccc(C(=O)NNC(=O)Nc2ccc(Cl)c(Cl)c2)c(OC)c1. The van der Waals surface area contributed by atoms with Crippen molar-refractivity contribution >= 4 is 40.8 Å². The van der Waals surface area contributed by atoms with E-state index in [1.807, 2.05) is 0 Å². The van der Waals surface area contributed by atoms with Crippen molar-refractivity contribution < 1.29 is 19.1 Å². The number of methoxy groups -OCH3 is 2. The number of urea groups is 1. The highest BCUT2D eigenvalue weighted by atomic mass is 35.5. The fourth-order valence-electron chi connectivity index (χ4n) is 1.90. The van der Waals surface area contributed by atoms with E-state index >= 15 is 0 Å². The van der Waals surface area contributed by atoms with Crippen LogP contribution in [-0.4, -0.2) is 26.2 Å². The van der Waals surface area contributed by atoms with E-state index in [0.29, 0.717) is 27.2 Å². The Bertz CT molecular complexity index is 799. The molecular formula is C16H15Cl2N3O4. The fraction of sp³-hybridized carbons (Fsp3) is 0.125. The average Bonchev–Trinajstić information content (AvgIpc) is 2.62. The van der Waals surface area contributed by atoms with Crippen molar-refractivity contribution in [2.75, 3.05) is 19.5 Å². The number of hydrogen-bond acceptors (Lipinski definition) is 4. The molecule has 0 unspecified atom stereocenters. The van der Waals surface area contributed by atoms with Crippen LogP contribution in [0, 0.1) is 0 Å². The molecule has 2 rings (SSSR count). The smallest absolute Gasteiger partial charge is 0.337 e. The van der Waals surface area contributed by atoms with E-state index in [9.17, 15) is 9.59 Å². The van der Waals surface area contributed by atoms with Gasteiger partial charge in [-0.3, -0.25) is 10.2 Å². The molecule has 0 fully saturated rings. The molecule has 0 aliphatic carbocycles. The zero-order valence-electron chi connectivity index (χ0n) is 13.4. The molecule has 2 aromatic rings. The number of ether oxygens (including phenoxy) is 2. The van der Waals surface area contributed by atoms with Crippen LogP contribution in [-0.2, 0) is 0 Å². The number of halogens is 2. The number of anilines is 1. The maximum Gasteiger partial charge on any atom is 0.337 e. The molecule has 0 saturated heterocycles.